The molecule has 2 aromatic heterocycles. The van der Waals surface area contributed by atoms with Crippen LogP contribution in [0.3, 0.4) is 0 Å². The van der Waals surface area contributed by atoms with E-state index in [1.165, 1.54) is 0 Å². The Labute approximate surface area is 162 Å². The molecule has 0 radical (unpaired) electrons. The van der Waals surface area contributed by atoms with Crippen LogP contribution >= 0.6 is 15.9 Å². The molecule has 0 bridgehead atoms. The molecule has 2 aromatic carbocycles. The highest BCUT2D eigenvalue weighted by atomic mass is 79.9. The summed E-state index contributed by atoms with van der Waals surface area (Å²) in [6, 6.07) is 12.8. The van der Waals surface area contributed by atoms with E-state index in [1.807, 2.05) is 36.4 Å². The van der Waals surface area contributed by atoms with Gasteiger partial charge in [0, 0.05) is 19.5 Å². The van der Waals surface area contributed by atoms with Crippen LogP contribution in [-0.2, 0) is 0 Å². The molecule has 27 heavy (non-hydrogen) atoms. The number of hydrogen-bond donors (Lipinski definition) is 5. The summed E-state index contributed by atoms with van der Waals surface area (Å²) in [5, 5.41) is 30.8. The van der Waals surface area contributed by atoms with E-state index in [0.717, 1.165) is 15.4 Å². The Balaban J connectivity index is 1.99. The molecule has 2 heterocycles. The van der Waals surface area contributed by atoms with Gasteiger partial charge in [-0.3, -0.25) is 0 Å². The molecule has 4 rings (SSSR count). The number of hydrogen-bond acceptors (Lipinski definition) is 4. The predicted molar refractivity (Wildman–Crippen MR) is 106 cm³/mol. The third-order valence-electron chi connectivity index (χ3n) is 4.51. The van der Waals surface area contributed by atoms with Crippen molar-refractivity contribution in [2.45, 2.75) is 6.10 Å². The molecule has 0 amide bonds. The molecule has 0 aliphatic carbocycles. The molecule has 7 nitrogen and oxygen atoms in total. The van der Waals surface area contributed by atoms with Crippen molar-refractivity contribution in [1.82, 2.24) is 9.97 Å². The standard InChI is InChI=1S/C19H16BrN3O4/c20-10-5-6-12-15(7-10)22-19(26)16(12)17-18(23(27)8-11(25)9-24)13-3-1-2-4-14(13)21-17/h1-7,11,24-25H,8-9H2,(H2-,21,22,26,27)/p+1. The fraction of sp³-hybridized carbons (Fsp3) is 0.158. The first-order valence-electron chi connectivity index (χ1n) is 8.34. The second-order valence-electron chi connectivity index (χ2n) is 6.33. The van der Waals surface area contributed by atoms with Crippen LogP contribution in [0, 0.1) is 4.91 Å². The van der Waals surface area contributed by atoms with Gasteiger partial charge in [-0.2, -0.15) is 0 Å². The molecule has 138 valence electrons. The van der Waals surface area contributed by atoms with Gasteiger partial charge in [-0.25, -0.2) is 0 Å². The van der Waals surface area contributed by atoms with Gasteiger partial charge in [0.05, 0.1) is 28.6 Å². The lowest BCUT2D eigenvalue weighted by molar-refractivity contribution is -0.472. The van der Waals surface area contributed by atoms with Crippen molar-refractivity contribution in [3.63, 3.8) is 0 Å². The van der Waals surface area contributed by atoms with Crippen molar-refractivity contribution in [3.8, 4) is 17.1 Å². The molecule has 0 aliphatic rings. The lowest BCUT2D eigenvalue weighted by Gasteiger charge is -2.02. The third kappa shape index (κ3) is 3.01. The normalized spacial score (nSPS) is 12.7. The van der Waals surface area contributed by atoms with Crippen molar-refractivity contribution in [3.05, 3.63) is 51.8 Å². The fourth-order valence-corrected chi connectivity index (χ4v) is 3.68. The average Bonchev–Trinajstić information content (AvgIpc) is 3.17. The minimum absolute atomic E-state index is 0.0630. The van der Waals surface area contributed by atoms with Gasteiger partial charge in [0.15, 0.2) is 5.88 Å². The first kappa shape index (κ1) is 17.7. The van der Waals surface area contributed by atoms with Gasteiger partial charge in [0.1, 0.15) is 11.8 Å². The first-order valence-corrected chi connectivity index (χ1v) is 9.13. The Morgan fingerprint density at radius 2 is 1.85 bits per heavy atom. The van der Waals surface area contributed by atoms with Crippen molar-refractivity contribution in [2.24, 2.45) is 0 Å². The number of rotatable bonds is 5. The summed E-state index contributed by atoms with van der Waals surface area (Å²) < 4.78 is 1.50. The number of aromatic hydroxyl groups is 1. The van der Waals surface area contributed by atoms with Crippen LogP contribution < -0.4 is 0 Å². The maximum Gasteiger partial charge on any atom is 0.289 e. The molecule has 0 fully saturated rings. The zero-order chi connectivity index (χ0) is 19.1. The molecule has 0 saturated carbocycles. The maximum atomic E-state index is 12.8. The van der Waals surface area contributed by atoms with Gasteiger partial charge in [0.25, 0.3) is 5.69 Å². The molecular formula is C19H17BrN3O4+. The van der Waals surface area contributed by atoms with E-state index in [-0.39, 0.29) is 12.4 Å². The van der Waals surface area contributed by atoms with Crippen LogP contribution in [0.25, 0.3) is 33.1 Å². The topological polar surface area (TPSA) is 112 Å². The molecule has 0 aliphatic heterocycles. The molecule has 8 heteroatoms. The quantitative estimate of drug-likeness (QED) is 0.311. The van der Waals surface area contributed by atoms with Crippen LogP contribution in [0.15, 0.2) is 46.9 Å². The summed E-state index contributed by atoms with van der Waals surface area (Å²) in [5.41, 5.74) is 2.67. The zero-order valence-corrected chi connectivity index (χ0v) is 15.7. The van der Waals surface area contributed by atoms with Gasteiger partial charge >= 0.3 is 0 Å². The second kappa shape index (κ2) is 6.80. The number of H-pyrrole nitrogens is 2. The highest BCUT2D eigenvalue weighted by Gasteiger charge is 2.31. The molecular weight excluding hydrogens is 414 g/mol. The number of fused-ring (bicyclic) bond motifs is 2. The SMILES string of the molecule is O=[N+](CC(O)CO)c1c(-c2c(O)[nH]c3cc(Br)ccc23)[nH]c2ccccc12. The maximum absolute atomic E-state index is 12.8. The number of para-hydroxylation sites is 1. The molecule has 4 aromatic rings. The molecule has 1 atom stereocenters. The smallest absolute Gasteiger partial charge is 0.289 e. The number of aromatic amines is 2. The van der Waals surface area contributed by atoms with Crippen molar-refractivity contribution >= 4 is 43.4 Å². The van der Waals surface area contributed by atoms with Gasteiger partial charge in [-0.15, -0.1) is 0 Å². The second-order valence-corrected chi connectivity index (χ2v) is 7.25. The number of aromatic nitrogens is 2. The summed E-state index contributed by atoms with van der Waals surface area (Å²) in [7, 11) is 0. The Morgan fingerprint density at radius 1 is 1.07 bits per heavy atom. The van der Waals surface area contributed by atoms with Crippen molar-refractivity contribution in [2.75, 3.05) is 13.2 Å². The monoisotopic (exact) mass is 430 g/mol. The Morgan fingerprint density at radius 3 is 2.63 bits per heavy atom. The summed E-state index contributed by atoms with van der Waals surface area (Å²) >= 11 is 3.40. The van der Waals surface area contributed by atoms with Gasteiger partial charge < -0.3 is 25.3 Å². The largest absolute Gasteiger partial charge is 0.494 e. The Hall–Kier alpha value is -2.68. The average molecular weight is 431 g/mol. The van der Waals surface area contributed by atoms with Crippen LogP contribution in [-0.4, -0.2) is 49.3 Å². The van der Waals surface area contributed by atoms with E-state index in [2.05, 4.69) is 25.9 Å². The first-order chi connectivity index (χ1) is 13.0. The molecule has 0 spiro atoms. The number of nitrogens with one attached hydrogen (secondary N) is 2. The predicted octanol–water partition coefficient (Wildman–Crippen LogP) is 3.55. The fourth-order valence-electron chi connectivity index (χ4n) is 3.32. The Bertz CT molecular complexity index is 1160. The van der Waals surface area contributed by atoms with Crippen molar-refractivity contribution in [1.29, 1.82) is 0 Å². The number of nitroso groups, excluding NO2 is 1. The van der Waals surface area contributed by atoms with Gasteiger partial charge in [0.2, 0.25) is 6.54 Å². The number of aliphatic hydroxyl groups excluding tert-OH is 2. The number of benzene rings is 2. The summed E-state index contributed by atoms with van der Waals surface area (Å²) in [5.74, 6) is -0.0630. The summed E-state index contributed by atoms with van der Waals surface area (Å²) in [6.45, 7) is -0.803. The van der Waals surface area contributed by atoms with Crippen molar-refractivity contribution < 1.29 is 20.1 Å². The lowest BCUT2D eigenvalue weighted by atomic mass is 10.1. The molecule has 1 unspecified atom stereocenters. The minimum Gasteiger partial charge on any atom is -0.494 e. The summed E-state index contributed by atoms with van der Waals surface area (Å²) in [6.07, 6.45) is -1.17. The van der Waals surface area contributed by atoms with Crippen LogP contribution in [0.2, 0.25) is 0 Å². The van der Waals surface area contributed by atoms with Gasteiger partial charge in [-0.1, -0.05) is 34.1 Å². The highest BCUT2D eigenvalue weighted by Crippen LogP contribution is 2.44. The van der Waals surface area contributed by atoms with Crippen LogP contribution in [0.5, 0.6) is 5.88 Å². The third-order valence-corrected chi connectivity index (χ3v) is 5.00. The van der Waals surface area contributed by atoms with Crippen LogP contribution in [0.4, 0.5) is 5.69 Å². The van der Waals surface area contributed by atoms with E-state index in [1.54, 1.807) is 6.07 Å². The van der Waals surface area contributed by atoms with E-state index in [0.29, 0.717) is 32.6 Å². The van der Waals surface area contributed by atoms with Crippen LogP contribution in [0.1, 0.15) is 0 Å². The van der Waals surface area contributed by atoms with E-state index < -0.39 is 12.7 Å². The Kier molecular flexibility index (Phi) is 4.47. The molecule has 0 saturated heterocycles. The van der Waals surface area contributed by atoms with E-state index >= 15 is 0 Å². The zero-order valence-electron chi connectivity index (χ0n) is 14.1. The number of nitrogens with zero attached hydrogens (tertiary/aromatic N) is 1. The lowest BCUT2D eigenvalue weighted by Crippen LogP contribution is -2.23. The minimum atomic E-state index is -1.17. The number of aliphatic hydroxyl groups is 2. The van der Waals surface area contributed by atoms with E-state index in [4.69, 9.17) is 5.11 Å². The number of halogens is 1. The summed E-state index contributed by atoms with van der Waals surface area (Å²) in [4.78, 5) is 19.0. The van der Waals surface area contributed by atoms with E-state index in [9.17, 15) is 15.1 Å². The highest BCUT2D eigenvalue weighted by molar-refractivity contribution is 9.10. The van der Waals surface area contributed by atoms with Gasteiger partial charge in [-0.05, 0) is 24.3 Å². The molecule has 5 N–H and O–H groups in total.